The third-order valence-corrected chi connectivity index (χ3v) is 6.53. The first kappa shape index (κ1) is 24.9. The SMILES string of the molecule is COc1ccc(S(=O)(=O)NCCC(=O)Nc2ccccc2C(=O)N(C)Cc2ccccc2)cc1. The van der Waals surface area contributed by atoms with Crippen molar-refractivity contribution in [1.29, 1.82) is 0 Å². The molecule has 0 heterocycles. The Morgan fingerprint density at radius 1 is 0.912 bits per heavy atom. The molecule has 178 valence electrons. The van der Waals surface area contributed by atoms with E-state index in [1.807, 2.05) is 30.3 Å². The number of methoxy groups -OCH3 is 1. The molecule has 0 aliphatic rings. The van der Waals surface area contributed by atoms with Gasteiger partial charge in [0.25, 0.3) is 5.91 Å². The molecular formula is C25H27N3O5S. The Balaban J connectivity index is 1.58. The van der Waals surface area contributed by atoms with Crippen LogP contribution < -0.4 is 14.8 Å². The van der Waals surface area contributed by atoms with E-state index in [1.54, 1.807) is 48.3 Å². The minimum absolute atomic E-state index is 0.0751. The summed E-state index contributed by atoms with van der Waals surface area (Å²) >= 11 is 0. The Bertz CT molecular complexity index is 1230. The van der Waals surface area contributed by atoms with Crippen molar-refractivity contribution in [3.05, 3.63) is 90.0 Å². The average Bonchev–Trinajstić information content (AvgIpc) is 2.84. The Labute approximate surface area is 199 Å². The van der Waals surface area contributed by atoms with Crippen molar-refractivity contribution in [1.82, 2.24) is 9.62 Å². The van der Waals surface area contributed by atoms with Crippen molar-refractivity contribution in [2.75, 3.05) is 26.0 Å². The van der Waals surface area contributed by atoms with E-state index in [4.69, 9.17) is 4.74 Å². The number of ether oxygens (including phenoxy) is 1. The summed E-state index contributed by atoms with van der Waals surface area (Å²) in [5, 5.41) is 2.71. The first-order valence-electron chi connectivity index (χ1n) is 10.6. The van der Waals surface area contributed by atoms with Gasteiger partial charge in [-0.2, -0.15) is 0 Å². The van der Waals surface area contributed by atoms with E-state index in [0.29, 0.717) is 23.5 Å². The molecule has 0 atom stereocenters. The molecule has 3 aromatic carbocycles. The number of rotatable bonds is 10. The molecule has 0 radical (unpaired) electrons. The van der Waals surface area contributed by atoms with Crippen LogP contribution in [0.25, 0.3) is 0 Å². The van der Waals surface area contributed by atoms with Crippen molar-refractivity contribution in [3.63, 3.8) is 0 Å². The van der Waals surface area contributed by atoms with E-state index >= 15 is 0 Å². The van der Waals surface area contributed by atoms with E-state index in [1.165, 1.54) is 19.2 Å². The molecule has 3 aromatic rings. The Morgan fingerprint density at radius 2 is 1.56 bits per heavy atom. The maximum absolute atomic E-state index is 13.0. The topological polar surface area (TPSA) is 105 Å². The van der Waals surface area contributed by atoms with Gasteiger partial charge in [0.05, 0.1) is 23.3 Å². The van der Waals surface area contributed by atoms with Crippen LogP contribution in [0, 0.1) is 0 Å². The fourth-order valence-corrected chi connectivity index (χ4v) is 4.30. The average molecular weight is 482 g/mol. The second-order valence-corrected chi connectivity index (χ2v) is 9.33. The molecule has 0 unspecified atom stereocenters. The van der Waals surface area contributed by atoms with Crippen LogP contribution >= 0.6 is 0 Å². The molecule has 0 bridgehead atoms. The van der Waals surface area contributed by atoms with Gasteiger partial charge in [-0.1, -0.05) is 42.5 Å². The summed E-state index contributed by atoms with van der Waals surface area (Å²) in [6, 6.07) is 22.3. The number of carbonyl (C=O) groups is 2. The van der Waals surface area contributed by atoms with Crippen LogP contribution in [0.2, 0.25) is 0 Å². The zero-order valence-corrected chi connectivity index (χ0v) is 19.8. The highest BCUT2D eigenvalue weighted by molar-refractivity contribution is 7.89. The summed E-state index contributed by atoms with van der Waals surface area (Å²) in [5.74, 6) is -0.107. The molecule has 34 heavy (non-hydrogen) atoms. The monoisotopic (exact) mass is 481 g/mol. The van der Waals surface area contributed by atoms with Crippen LogP contribution in [0.5, 0.6) is 5.75 Å². The van der Waals surface area contributed by atoms with Gasteiger partial charge in [0.1, 0.15) is 5.75 Å². The van der Waals surface area contributed by atoms with E-state index < -0.39 is 15.9 Å². The normalized spacial score (nSPS) is 11.0. The molecule has 0 aromatic heterocycles. The quantitative estimate of drug-likeness (QED) is 0.462. The van der Waals surface area contributed by atoms with Gasteiger partial charge >= 0.3 is 0 Å². The number of carbonyl (C=O) groups excluding carboxylic acids is 2. The maximum atomic E-state index is 13.0. The van der Waals surface area contributed by atoms with Crippen molar-refractivity contribution >= 4 is 27.5 Å². The standard InChI is InChI=1S/C25H27N3O5S/c1-28(18-19-8-4-3-5-9-19)25(30)22-10-6-7-11-23(22)27-24(29)16-17-26-34(31,32)21-14-12-20(33-2)13-15-21/h3-15,26H,16-18H2,1-2H3,(H,27,29). The van der Waals surface area contributed by atoms with E-state index in [-0.39, 0.29) is 23.8 Å². The lowest BCUT2D eigenvalue weighted by molar-refractivity contribution is -0.116. The number of nitrogens with zero attached hydrogens (tertiary/aromatic N) is 1. The first-order valence-corrected chi connectivity index (χ1v) is 12.1. The first-order chi connectivity index (χ1) is 16.3. The summed E-state index contributed by atoms with van der Waals surface area (Å²) in [6.07, 6.45) is -0.0994. The lowest BCUT2D eigenvalue weighted by atomic mass is 10.1. The maximum Gasteiger partial charge on any atom is 0.256 e. The molecular weight excluding hydrogens is 454 g/mol. The van der Waals surface area contributed by atoms with Gasteiger partial charge in [-0.05, 0) is 42.0 Å². The number of nitrogens with one attached hydrogen (secondary N) is 2. The molecule has 0 fully saturated rings. The van der Waals surface area contributed by atoms with Crippen LogP contribution in [-0.4, -0.2) is 45.8 Å². The fraction of sp³-hybridized carbons (Fsp3) is 0.200. The van der Waals surface area contributed by atoms with Gasteiger partial charge in [0.15, 0.2) is 0 Å². The van der Waals surface area contributed by atoms with Gasteiger partial charge in [-0.25, -0.2) is 13.1 Å². The smallest absolute Gasteiger partial charge is 0.256 e. The largest absolute Gasteiger partial charge is 0.497 e. The lowest BCUT2D eigenvalue weighted by Crippen LogP contribution is -2.29. The van der Waals surface area contributed by atoms with Crippen molar-refractivity contribution in [2.45, 2.75) is 17.9 Å². The van der Waals surface area contributed by atoms with Crippen molar-refractivity contribution in [3.8, 4) is 5.75 Å². The summed E-state index contributed by atoms with van der Waals surface area (Å²) in [7, 11) is -0.573. The highest BCUT2D eigenvalue weighted by Gasteiger charge is 2.18. The Hall–Kier alpha value is -3.69. The van der Waals surface area contributed by atoms with Crippen LogP contribution in [0.3, 0.4) is 0 Å². The van der Waals surface area contributed by atoms with E-state index in [2.05, 4.69) is 10.0 Å². The number of anilines is 1. The summed E-state index contributed by atoms with van der Waals surface area (Å²) < 4.78 is 32.2. The van der Waals surface area contributed by atoms with Gasteiger partial charge < -0.3 is 15.0 Å². The van der Waals surface area contributed by atoms with Gasteiger partial charge in [0.2, 0.25) is 15.9 Å². The molecule has 8 nitrogen and oxygen atoms in total. The Kier molecular flexibility index (Phi) is 8.39. The summed E-state index contributed by atoms with van der Waals surface area (Å²) in [5.41, 5.74) is 1.72. The summed E-state index contributed by atoms with van der Waals surface area (Å²) in [4.78, 5) is 27.1. The second kappa shape index (κ2) is 11.4. The van der Waals surface area contributed by atoms with Crippen LogP contribution in [-0.2, 0) is 21.4 Å². The number of sulfonamides is 1. The molecule has 9 heteroatoms. The van der Waals surface area contributed by atoms with E-state index in [0.717, 1.165) is 5.56 Å². The van der Waals surface area contributed by atoms with Crippen LogP contribution in [0.15, 0.2) is 83.8 Å². The molecule has 2 amide bonds. The molecule has 0 spiro atoms. The lowest BCUT2D eigenvalue weighted by Gasteiger charge is -2.19. The third kappa shape index (κ3) is 6.66. The number of para-hydroxylation sites is 1. The Morgan fingerprint density at radius 3 is 2.24 bits per heavy atom. The zero-order valence-electron chi connectivity index (χ0n) is 19.0. The molecule has 2 N–H and O–H groups in total. The number of hydrogen-bond acceptors (Lipinski definition) is 5. The predicted molar refractivity (Wildman–Crippen MR) is 130 cm³/mol. The molecule has 3 rings (SSSR count). The van der Waals surface area contributed by atoms with Crippen LogP contribution in [0.4, 0.5) is 5.69 Å². The highest BCUT2D eigenvalue weighted by atomic mass is 32.2. The minimum Gasteiger partial charge on any atom is -0.497 e. The van der Waals surface area contributed by atoms with Crippen LogP contribution in [0.1, 0.15) is 22.3 Å². The fourth-order valence-electron chi connectivity index (χ4n) is 3.26. The number of amides is 2. The highest BCUT2D eigenvalue weighted by Crippen LogP contribution is 2.19. The zero-order chi connectivity index (χ0) is 24.6. The van der Waals surface area contributed by atoms with Gasteiger partial charge in [0, 0.05) is 26.6 Å². The van der Waals surface area contributed by atoms with Gasteiger partial charge in [-0.15, -0.1) is 0 Å². The number of benzene rings is 3. The molecule has 0 saturated carbocycles. The third-order valence-electron chi connectivity index (χ3n) is 5.05. The molecule has 0 aliphatic heterocycles. The van der Waals surface area contributed by atoms with Gasteiger partial charge in [-0.3, -0.25) is 9.59 Å². The molecule has 0 saturated heterocycles. The summed E-state index contributed by atoms with van der Waals surface area (Å²) in [6.45, 7) is 0.333. The molecule has 0 aliphatic carbocycles. The number of hydrogen-bond donors (Lipinski definition) is 2. The second-order valence-electron chi connectivity index (χ2n) is 7.56. The minimum atomic E-state index is -3.76. The predicted octanol–water partition coefficient (Wildman–Crippen LogP) is 3.27. The van der Waals surface area contributed by atoms with Crippen molar-refractivity contribution < 1.29 is 22.7 Å². The van der Waals surface area contributed by atoms with Crippen molar-refractivity contribution in [2.24, 2.45) is 0 Å². The van der Waals surface area contributed by atoms with E-state index in [9.17, 15) is 18.0 Å².